The first-order chi connectivity index (χ1) is 16.3. The highest BCUT2D eigenvalue weighted by atomic mass is 19.1. The van der Waals surface area contributed by atoms with Gasteiger partial charge >= 0.3 is 0 Å². The molecule has 0 aliphatic carbocycles. The van der Waals surface area contributed by atoms with Gasteiger partial charge in [-0.25, -0.2) is 4.39 Å². The van der Waals surface area contributed by atoms with Crippen LogP contribution in [0.15, 0.2) is 66.7 Å². The Balaban J connectivity index is 1.80. The van der Waals surface area contributed by atoms with Crippen molar-refractivity contribution >= 4 is 34.5 Å². The largest absolute Gasteiger partial charge is 0.359 e. The molecule has 3 N–H and O–H groups in total. The third-order valence-electron chi connectivity index (χ3n) is 5.56. The molecule has 0 atom stereocenters. The SMILES string of the molecule is CNC(=O)Cc1cccc(/C(Nc2ccc(CN(C)C)cc2)=C2/C(=O)Nc3cc(F)ccc32)c1. The van der Waals surface area contributed by atoms with Crippen LogP contribution in [0.4, 0.5) is 15.8 Å². The zero-order chi connectivity index (χ0) is 24.2. The number of fused-ring (bicyclic) bond motifs is 1. The van der Waals surface area contributed by atoms with Gasteiger partial charge < -0.3 is 20.9 Å². The van der Waals surface area contributed by atoms with E-state index in [0.29, 0.717) is 22.5 Å². The van der Waals surface area contributed by atoms with Gasteiger partial charge in [-0.1, -0.05) is 30.3 Å². The highest BCUT2D eigenvalue weighted by Crippen LogP contribution is 2.38. The van der Waals surface area contributed by atoms with E-state index in [1.165, 1.54) is 12.1 Å². The normalized spacial score (nSPS) is 14.0. The molecule has 0 fully saturated rings. The molecule has 0 bridgehead atoms. The number of amides is 2. The van der Waals surface area contributed by atoms with Gasteiger partial charge in [-0.3, -0.25) is 9.59 Å². The minimum atomic E-state index is -0.418. The minimum Gasteiger partial charge on any atom is -0.359 e. The van der Waals surface area contributed by atoms with Gasteiger partial charge in [0.2, 0.25) is 5.91 Å². The fourth-order valence-corrected chi connectivity index (χ4v) is 3.99. The first-order valence-corrected chi connectivity index (χ1v) is 11.0. The summed E-state index contributed by atoms with van der Waals surface area (Å²) in [6, 6.07) is 19.8. The predicted molar refractivity (Wildman–Crippen MR) is 134 cm³/mol. The van der Waals surface area contributed by atoms with Crippen LogP contribution < -0.4 is 16.0 Å². The second kappa shape index (κ2) is 9.89. The summed E-state index contributed by atoms with van der Waals surface area (Å²) >= 11 is 0. The first kappa shape index (κ1) is 23.2. The van der Waals surface area contributed by atoms with E-state index in [4.69, 9.17) is 0 Å². The van der Waals surface area contributed by atoms with E-state index in [1.54, 1.807) is 13.1 Å². The fraction of sp³-hybridized carbons (Fsp3) is 0.185. The Morgan fingerprint density at radius 3 is 2.47 bits per heavy atom. The highest BCUT2D eigenvalue weighted by molar-refractivity contribution is 6.37. The number of nitrogens with one attached hydrogen (secondary N) is 3. The predicted octanol–water partition coefficient (Wildman–Crippen LogP) is 4.11. The third kappa shape index (κ3) is 5.15. The highest BCUT2D eigenvalue weighted by Gasteiger charge is 2.29. The lowest BCUT2D eigenvalue weighted by Crippen LogP contribution is -2.20. The molecule has 7 heteroatoms. The van der Waals surface area contributed by atoms with Crippen LogP contribution in [-0.2, 0) is 22.6 Å². The van der Waals surface area contributed by atoms with Gasteiger partial charge in [-0.15, -0.1) is 0 Å². The van der Waals surface area contributed by atoms with Crippen LogP contribution in [0.1, 0.15) is 22.3 Å². The van der Waals surface area contributed by atoms with Crippen molar-refractivity contribution in [3.05, 3.63) is 94.8 Å². The second-order valence-corrected chi connectivity index (χ2v) is 8.50. The van der Waals surface area contributed by atoms with Crippen LogP contribution in [0.25, 0.3) is 11.3 Å². The Bertz CT molecular complexity index is 1270. The zero-order valence-electron chi connectivity index (χ0n) is 19.4. The third-order valence-corrected chi connectivity index (χ3v) is 5.56. The molecule has 34 heavy (non-hydrogen) atoms. The number of nitrogens with zero attached hydrogens (tertiary/aromatic N) is 1. The molecule has 1 heterocycles. The maximum Gasteiger partial charge on any atom is 0.258 e. The molecule has 0 saturated carbocycles. The van der Waals surface area contributed by atoms with Gasteiger partial charge in [-0.2, -0.15) is 0 Å². The Hall–Kier alpha value is -3.97. The molecule has 3 aromatic carbocycles. The quantitative estimate of drug-likeness (QED) is 0.466. The summed E-state index contributed by atoms with van der Waals surface area (Å²) in [6.45, 7) is 0.817. The molecule has 174 valence electrons. The van der Waals surface area contributed by atoms with Crippen molar-refractivity contribution < 1.29 is 14.0 Å². The Morgan fingerprint density at radius 1 is 1.00 bits per heavy atom. The number of hydrogen-bond acceptors (Lipinski definition) is 4. The lowest BCUT2D eigenvalue weighted by molar-refractivity contribution is -0.120. The Morgan fingerprint density at radius 2 is 1.76 bits per heavy atom. The number of halogens is 1. The molecular weight excluding hydrogens is 431 g/mol. The van der Waals surface area contributed by atoms with Crippen molar-refractivity contribution in [1.82, 2.24) is 10.2 Å². The van der Waals surface area contributed by atoms with Crippen molar-refractivity contribution in [3.8, 4) is 0 Å². The van der Waals surface area contributed by atoms with Crippen molar-refractivity contribution in [2.45, 2.75) is 13.0 Å². The number of carbonyl (C=O) groups is 2. The standard InChI is InChI=1S/C27H27FN4O2/c1-29-24(33)14-18-5-4-6-19(13-18)26(30-21-10-7-17(8-11-21)16-32(2)3)25-22-12-9-20(28)15-23(22)31-27(25)34/h4-13,15,30H,14,16H2,1-3H3,(H,29,33)(H,31,34)/b26-25-. The first-order valence-electron chi connectivity index (χ1n) is 11.0. The molecule has 0 aromatic heterocycles. The van der Waals surface area contributed by atoms with Gasteiger partial charge in [0.05, 0.1) is 23.4 Å². The van der Waals surface area contributed by atoms with Crippen molar-refractivity contribution in [3.63, 3.8) is 0 Å². The van der Waals surface area contributed by atoms with Gasteiger partial charge in [0.1, 0.15) is 5.82 Å². The lowest BCUT2D eigenvalue weighted by Gasteiger charge is -2.16. The number of likely N-dealkylation sites (N-methyl/N-ethyl adjacent to an activating group) is 1. The molecule has 2 amide bonds. The maximum atomic E-state index is 13.8. The molecule has 6 nitrogen and oxygen atoms in total. The summed E-state index contributed by atoms with van der Waals surface area (Å²) in [5, 5.41) is 8.81. The zero-order valence-corrected chi connectivity index (χ0v) is 19.4. The molecule has 0 saturated heterocycles. The molecule has 0 unspecified atom stereocenters. The number of rotatable bonds is 7. The Kier molecular flexibility index (Phi) is 6.75. The van der Waals surface area contributed by atoms with E-state index in [9.17, 15) is 14.0 Å². The monoisotopic (exact) mass is 458 g/mol. The number of carbonyl (C=O) groups excluding carboxylic acids is 2. The van der Waals surface area contributed by atoms with Crippen molar-refractivity contribution in [2.75, 3.05) is 31.8 Å². The van der Waals surface area contributed by atoms with Crippen LogP contribution in [0.5, 0.6) is 0 Å². The van der Waals surface area contributed by atoms with Gasteiger partial charge in [0.25, 0.3) is 5.91 Å². The van der Waals surface area contributed by atoms with Crippen LogP contribution in [0.3, 0.4) is 0 Å². The van der Waals surface area contributed by atoms with E-state index in [-0.39, 0.29) is 18.2 Å². The summed E-state index contributed by atoms with van der Waals surface area (Å²) in [5.74, 6) is -0.835. The molecule has 3 aromatic rings. The molecular formula is C27H27FN4O2. The molecule has 0 spiro atoms. The van der Waals surface area contributed by atoms with Crippen molar-refractivity contribution in [1.29, 1.82) is 0 Å². The number of benzene rings is 3. The van der Waals surface area contributed by atoms with Crippen molar-refractivity contribution in [2.24, 2.45) is 0 Å². The van der Waals surface area contributed by atoms with Gasteiger partial charge in [0.15, 0.2) is 0 Å². The van der Waals surface area contributed by atoms with Crippen LogP contribution >= 0.6 is 0 Å². The molecule has 4 rings (SSSR count). The van der Waals surface area contributed by atoms with Crippen LogP contribution in [0.2, 0.25) is 0 Å². The summed E-state index contributed by atoms with van der Waals surface area (Å²) in [5.41, 5.74) is 5.60. The van der Waals surface area contributed by atoms with Gasteiger partial charge in [-0.05, 0) is 67.2 Å². The maximum absolute atomic E-state index is 13.8. The van der Waals surface area contributed by atoms with E-state index >= 15 is 0 Å². The molecule has 1 aliphatic heterocycles. The smallest absolute Gasteiger partial charge is 0.258 e. The summed E-state index contributed by atoms with van der Waals surface area (Å²) in [6.07, 6.45) is 0.222. The van der Waals surface area contributed by atoms with E-state index in [2.05, 4.69) is 20.9 Å². The molecule has 0 radical (unpaired) electrons. The minimum absolute atomic E-state index is 0.102. The van der Waals surface area contributed by atoms with E-state index < -0.39 is 5.82 Å². The average molecular weight is 459 g/mol. The second-order valence-electron chi connectivity index (χ2n) is 8.50. The lowest BCUT2D eigenvalue weighted by atomic mass is 9.98. The topological polar surface area (TPSA) is 73.5 Å². The average Bonchev–Trinajstić information content (AvgIpc) is 3.12. The molecule has 1 aliphatic rings. The van der Waals surface area contributed by atoms with E-state index in [0.717, 1.165) is 28.9 Å². The summed E-state index contributed by atoms with van der Waals surface area (Å²) in [7, 11) is 5.62. The summed E-state index contributed by atoms with van der Waals surface area (Å²) < 4.78 is 13.8. The van der Waals surface area contributed by atoms with E-state index in [1.807, 2.05) is 62.6 Å². The number of anilines is 2. The Labute approximate surface area is 198 Å². The fourth-order valence-electron chi connectivity index (χ4n) is 3.99. The van der Waals surface area contributed by atoms with Crippen LogP contribution in [0, 0.1) is 5.82 Å². The number of hydrogen-bond donors (Lipinski definition) is 3. The van der Waals surface area contributed by atoms with Crippen LogP contribution in [-0.4, -0.2) is 37.9 Å². The van der Waals surface area contributed by atoms with Gasteiger partial charge in [0, 0.05) is 24.8 Å². The summed E-state index contributed by atoms with van der Waals surface area (Å²) in [4.78, 5) is 27.0.